The van der Waals surface area contributed by atoms with Gasteiger partial charge in [-0.15, -0.1) is 11.6 Å². The van der Waals surface area contributed by atoms with E-state index >= 15 is 4.39 Å². The van der Waals surface area contributed by atoms with Crippen molar-refractivity contribution in [1.82, 2.24) is 0 Å². The number of phenolic OH excluding ortho intramolecular Hbond substituents is 1. The molecule has 2 fully saturated rings. The molecule has 6 aliphatic rings. The first-order chi connectivity index (χ1) is 38.8. The fourth-order valence-corrected chi connectivity index (χ4v) is 13.6. The molecule has 425 valence electrons. The van der Waals surface area contributed by atoms with Crippen LogP contribution < -0.4 is 4.74 Å². The molecule has 6 aliphatic carbocycles. The van der Waals surface area contributed by atoms with Crippen molar-refractivity contribution in [2.45, 2.75) is 150 Å². The van der Waals surface area contributed by atoms with Gasteiger partial charge in [0.1, 0.15) is 29.7 Å². The number of carbonyl (C=O) groups is 2. The Bertz CT molecular complexity index is 3430. The summed E-state index contributed by atoms with van der Waals surface area (Å²) in [6, 6.07) is 34.9. The standard InChI is InChI=1S/C35H37FO3.C21H22ClF.C14H16O3.CH4.B.H2/c1-5-38-33(37)31-20-35(31)16-14-24-10-11-25(19-30(24)35)39-21-23-9-12-26(28-17-22(2)8-13-32(28)36)27(18-23)29-7-6-15-34(29,3)4;1-14-6-9-20(23)18(11-14)16-8-7-15(13-22)12-17(16)19-5-4-10-21(19,2)3;1-2-17-13(16)12-8-14(12)6-5-9-3-4-10(15)7-11(9)14;;;/h7-13,17-19,31H,5-6,14-16,20-21H2,1-4H3;5-9,11-12H,4,10,13H2,1-3H3;3-4,7,12,15H,2,5-6,8H2,1H3;1H4;;1H/t31-,35-;;12-,14-;;;/m1.1.../s1/i;;;;;1+2T. The monoisotopic (exact) mass is 1120 g/mol. The average molecular weight is 1120 g/mol. The number of allylic oxidation sites excluding steroid dienone is 4. The van der Waals surface area contributed by atoms with Crippen LogP contribution >= 0.6 is 11.6 Å². The summed E-state index contributed by atoms with van der Waals surface area (Å²) in [7, 11) is 0. The highest BCUT2D eigenvalue weighted by Gasteiger charge is 2.63. The molecule has 4 atom stereocenters. The van der Waals surface area contributed by atoms with Crippen LogP contribution in [0.1, 0.15) is 159 Å². The molecule has 0 amide bonds. The van der Waals surface area contributed by atoms with Gasteiger partial charge in [0.05, 0.1) is 25.0 Å². The second-order valence-electron chi connectivity index (χ2n) is 24.2. The molecule has 0 bridgehead atoms. The maximum absolute atomic E-state index is 15.0. The number of hydrogen-bond donors (Lipinski definition) is 1. The number of carbonyl (C=O) groups excluding carboxylic acids is 2. The van der Waals surface area contributed by atoms with Crippen molar-refractivity contribution in [3.63, 3.8) is 0 Å². The predicted octanol–water partition coefficient (Wildman–Crippen LogP) is 17.8. The minimum Gasteiger partial charge on any atom is -0.508 e. The zero-order valence-corrected chi connectivity index (χ0v) is 48.6. The van der Waals surface area contributed by atoms with Crippen LogP contribution in [0, 0.1) is 48.1 Å². The molecular weight excluding hydrogens is 1030 g/mol. The van der Waals surface area contributed by atoms with Gasteiger partial charge < -0.3 is 19.3 Å². The van der Waals surface area contributed by atoms with E-state index in [1.807, 2.05) is 88.4 Å². The van der Waals surface area contributed by atoms with Gasteiger partial charge in [-0.05, 0) is 230 Å². The van der Waals surface area contributed by atoms with Gasteiger partial charge in [-0.2, -0.15) is 0 Å². The third-order valence-electron chi connectivity index (χ3n) is 18.0. The number of esters is 2. The number of aryl methyl sites for hydroxylation is 4. The van der Waals surface area contributed by atoms with Crippen LogP contribution in [-0.2, 0) is 55.2 Å². The number of benzene rings is 6. The number of phenols is 1. The molecule has 3 radical (unpaired) electrons. The smallest absolute Gasteiger partial charge is 0.309 e. The van der Waals surface area contributed by atoms with Gasteiger partial charge in [-0.1, -0.05) is 107 Å². The third-order valence-corrected chi connectivity index (χ3v) is 18.4. The molecule has 12 rings (SSSR count). The van der Waals surface area contributed by atoms with E-state index in [4.69, 9.17) is 28.8 Å². The molecule has 6 aromatic carbocycles. The zero-order valence-electron chi connectivity index (χ0n) is 49.8. The number of hydrogen-bond acceptors (Lipinski definition) is 6. The summed E-state index contributed by atoms with van der Waals surface area (Å²) in [4.78, 5) is 24.2. The highest BCUT2D eigenvalue weighted by Crippen LogP contribution is 2.63. The maximum atomic E-state index is 15.0. The highest BCUT2D eigenvalue weighted by molar-refractivity contribution is 6.17. The van der Waals surface area contributed by atoms with Crippen molar-refractivity contribution >= 4 is 43.1 Å². The largest absolute Gasteiger partial charge is 0.508 e. The fraction of sp³-hybridized carbons (Fsp3) is 0.408. The van der Waals surface area contributed by atoms with E-state index in [9.17, 15) is 19.1 Å². The molecular formula is C71H81BClF2O6. The fourth-order valence-electron chi connectivity index (χ4n) is 13.5. The first kappa shape index (κ1) is 59.2. The van der Waals surface area contributed by atoms with E-state index in [2.05, 4.69) is 70.2 Å². The minimum absolute atomic E-state index is 0. The van der Waals surface area contributed by atoms with E-state index in [1.165, 1.54) is 27.8 Å². The average Bonchev–Trinajstić information content (AvgIpc) is 2.33. The van der Waals surface area contributed by atoms with Crippen LogP contribution in [0.3, 0.4) is 0 Å². The van der Waals surface area contributed by atoms with Crippen LogP contribution in [0.25, 0.3) is 33.4 Å². The second-order valence-corrected chi connectivity index (χ2v) is 24.5. The summed E-state index contributed by atoms with van der Waals surface area (Å²) in [5.74, 6) is 1.03. The van der Waals surface area contributed by atoms with Crippen molar-refractivity contribution in [2.75, 3.05) is 13.2 Å². The van der Waals surface area contributed by atoms with Gasteiger partial charge in [0.15, 0.2) is 0 Å². The normalized spacial score (nSPS) is 21.7. The van der Waals surface area contributed by atoms with E-state index in [0.29, 0.717) is 42.6 Å². The topological polar surface area (TPSA) is 82.1 Å². The van der Waals surface area contributed by atoms with Crippen LogP contribution in [0.4, 0.5) is 8.78 Å². The van der Waals surface area contributed by atoms with Crippen molar-refractivity contribution in [2.24, 2.45) is 22.7 Å². The molecule has 0 aliphatic heterocycles. The van der Waals surface area contributed by atoms with E-state index in [0.717, 1.165) is 120 Å². The molecule has 10 heteroatoms. The first-order valence-electron chi connectivity index (χ1n) is 29.5. The number of halogens is 3. The Morgan fingerprint density at radius 3 is 1.54 bits per heavy atom. The van der Waals surface area contributed by atoms with Gasteiger partial charge in [0.2, 0.25) is 0 Å². The Labute approximate surface area is 490 Å². The summed E-state index contributed by atoms with van der Waals surface area (Å²) in [6.07, 6.45) is 14.7. The first-order valence-corrected chi connectivity index (χ1v) is 29.0. The quantitative estimate of drug-likeness (QED) is 0.0747. The van der Waals surface area contributed by atoms with E-state index < -0.39 is 0 Å². The zero-order chi connectivity index (χ0) is 58.0. The van der Waals surface area contributed by atoms with Gasteiger partial charge >= 0.3 is 11.9 Å². The number of rotatable bonds is 12. The molecule has 0 unspecified atom stereocenters. The molecule has 81 heavy (non-hydrogen) atoms. The van der Waals surface area contributed by atoms with Crippen molar-refractivity contribution < 1.29 is 40.7 Å². The van der Waals surface area contributed by atoms with E-state index in [-0.39, 0.29) is 72.9 Å². The lowest BCUT2D eigenvalue weighted by Crippen LogP contribution is -2.15. The summed E-state index contributed by atoms with van der Waals surface area (Å²) >= 11 is 6.04. The van der Waals surface area contributed by atoms with Crippen molar-refractivity contribution in [3.05, 3.63) is 189 Å². The van der Waals surface area contributed by atoms with E-state index in [1.54, 1.807) is 18.2 Å². The molecule has 2 saturated carbocycles. The second kappa shape index (κ2) is 24.2. The molecule has 2 spiro atoms. The van der Waals surface area contributed by atoms with Crippen LogP contribution in [0.15, 0.2) is 121 Å². The Balaban J connectivity index is 0.000000191. The number of ether oxygens (including phenoxy) is 3. The maximum Gasteiger partial charge on any atom is 0.309 e. The Morgan fingerprint density at radius 1 is 0.605 bits per heavy atom. The lowest BCUT2D eigenvalue weighted by atomic mass is 9.79. The summed E-state index contributed by atoms with van der Waals surface area (Å²) < 4.78 is 56.2. The molecule has 0 aromatic heterocycles. The summed E-state index contributed by atoms with van der Waals surface area (Å²) in [6.45, 7) is 18.0. The predicted molar refractivity (Wildman–Crippen MR) is 328 cm³/mol. The minimum atomic E-state index is -0.199. The lowest BCUT2D eigenvalue weighted by Gasteiger charge is -2.25. The van der Waals surface area contributed by atoms with Gasteiger partial charge in [0, 0.05) is 39.2 Å². The number of fused-ring (bicyclic) bond motifs is 4. The van der Waals surface area contributed by atoms with Crippen molar-refractivity contribution in [1.29, 1.82) is 0 Å². The lowest BCUT2D eigenvalue weighted by molar-refractivity contribution is -0.146. The molecule has 0 heterocycles. The molecule has 6 aromatic rings. The number of aromatic hydroxyl groups is 1. The number of alkyl halides is 1. The summed E-state index contributed by atoms with van der Waals surface area (Å²) in [5.41, 5.74) is 17.3. The van der Waals surface area contributed by atoms with Gasteiger partial charge in [-0.3, -0.25) is 9.59 Å². The third kappa shape index (κ3) is 12.1. The summed E-state index contributed by atoms with van der Waals surface area (Å²) in [5, 5.41) is 9.57. The Kier molecular flexibility index (Phi) is 17.7. The molecule has 1 N–H and O–H groups in total. The SMILES string of the molecule is C.CCOC(=O)[C@H]1C[C@@]12CCc1ccc(O)cc12.CCOC(=O)[C@H]1C[C@@]12CCc1ccc(OCc3ccc(-c4cc(C)ccc4F)c(C4=CCCC4(C)C)c3)cc12.Cc1ccc(F)c(-c2ccc(CCl)cc2C2=CCCC2(C)C)c1.[3H][3H].[B]. The Morgan fingerprint density at radius 2 is 1.07 bits per heavy atom. The van der Waals surface area contributed by atoms with Crippen molar-refractivity contribution in [3.8, 4) is 33.8 Å². The Hall–Kier alpha value is -6.45. The van der Waals surface area contributed by atoms with Crippen LogP contribution in [0.5, 0.6) is 11.5 Å². The van der Waals surface area contributed by atoms with Crippen LogP contribution in [-0.4, -0.2) is 38.7 Å². The van der Waals surface area contributed by atoms with Crippen LogP contribution in [0.2, 0.25) is 0 Å². The van der Waals surface area contributed by atoms with Gasteiger partial charge in [-0.25, -0.2) is 8.78 Å². The van der Waals surface area contributed by atoms with Gasteiger partial charge in [0.25, 0.3) is 0 Å². The molecule has 0 saturated heterocycles. The highest BCUT2D eigenvalue weighted by atomic mass is 35.5. The molecule has 6 nitrogen and oxygen atoms in total.